The predicted molar refractivity (Wildman–Crippen MR) is 142 cm³/mol. The Morgan fingerprint density at radius 1 is 1.25 bits per heavy atom. The van der Waals surface area contributed by atoms with E-state index in [0.29, 0.717) is 5.92 Å². The smallest absolute Gasteiger partial charge is 0.191 e. The number of aliphatic imine (C=N–C) groups is 1. The molecule has 9 heteroatoms. The van der Waals surface area contributed by atoms with Gasteiger partial charge in [-0.25, -0.2) is 4.98 Å². The fraction of sp³-hybridized carbons (Fsp3) is 0.652. The van der Waals surface area contributed by atoms with Crippen LogP contribution in [-0.4, -0.2) is 67.1 Å². The van der Waals surface area contributed by atoms with E-state index in [1.54, 1.807) is 17.6 Å². The van der Waals surface area contributed by atoms with Crippen LogP contribution >= 0.6 is 35.3 Å². The van der Waals surface area contributed by atoms with Crippen LogP contribution in [0, 0.1) is 12.8 Å². The quantitative estimate of drug-likeness (QED) is 0.285. The summed E-state index contributed by atoms with van der Waals surface area (Å²) in [6.07, 6.45) is 6.75. The lowest BCUT2D eigenvalue weighted by molar-refractivity contribution is 0.176. The zero-order valence-corrected chi connectivity index (χ0v) is 22.4. The number of furan rings is 1. The van der Waals surface area contributed by atoms with Crippen molar-refractivity contribution in [3.63, 3.8) is 0 Å². The minimum absolute atomic E-state index is 0. The van der Waals surface area contributed by atoms with Crippen LogP contribution in [0.15, 0.2) is 33.2 Å². The molecule has 2 aromatic heterocycles. The van der Waals surface area contributed by atoms with E-state index in [0.717, 1.165) is 62.5 Å². The molecule has 7 nitrogen and oxygen atoms in total. The van der Waals surface area contributed by atoms with Crippen LogP contribution in [0.4, 0.5) is 0 Å². The van der Waals surface area contributed by atoms with Gasteiger partial charge in [-0.1, -0.05) is 0 Å². The molecular formula is C23H37IN6OS. The van der Waals surface area contributed by atoms with Crippen molar-refractivity contribution < 1.29 is 4.42 Å². The van der Waals surface area contributed by atoms with E-state index in [1.165, 1.54) is 31.4 Å². The average molecular weight is 573 g/mol. The van der Waals surface area contributed by atoms with Gasteiger partial charge in [-0.05, 0) is 76.8 Å². The number of nitrogens with zero attached hydrogens (tertiary/aromatic N) is 4. The number of aryl methyl sites for hydroxylation is 1. The van der Waals surface area contributed by atoms with Gasteiger partial charge in [0.15, 0.2) is 5.96 Å². The molecule has 4 rings (SSSR count). The van der Waals surface area contributed by atoms with Crippen LogP contribution in [0.2, 0.25) is 0 Å². The highest BCUT2D eigenvalue weighted by Crippen LogP contribution is 2.25. The Balaban J connectivity index is 0.00000289. The molecule has 0 spiro atoms. The molecule has 0 bridgehead atoms. The van der Waals surface area contributed by atoms with Gasteiger partial charge >= 0.3 is 0 Å². The first-order chi connectivity index (χ1) is 15.2. The largest absolute Gasteiger partial charge is 0.468 e. The summed E-state index contributed by atoms with van der Waals surface area (Å²) in [6.45, 7) is 9.40. The number of rotatable bonds is 8. The van der Waals surface area contributed by atoms with Crippen LogP contribution in [0.5, 0.6) is 0 Å². The summed E-state index contributed by atoms with van der Waals surface area (Å²) in [5.74, 6) is 2.61. The molecule has 0 aliphatic carbocycles. The molecule has 32 heavy (non-hydrogen) atoms. The summed E-state index contributed by atoms with van der Waals surface area (Å²) in [5, 5.41) is 10.4. The van der Waals surface area contributed by atoms with E-state index in [1.807, 2.05) is 13.1 Å². The monoisotopic (exact) mass is 572 g/mol. The van der Waals surface area contributed by atoms with Crippen LogP contribution in [-0.2, 0) is 6.54 Å². The van der Waals surface area contributed by atoms with Gasteiger partial charge in [-0.3, -0.25) is 14.8 Å². The van der Waals surface area contributed by atoms with Crippen molar-refractivity contribution in [1.29, 1.82) is 0 Å². The molecule has 0 saturated carbocycles. The topological polar surface area (TPSA) is 68.9 Å². The van der Waals surface area contributed by atoms with Crippen LogP contribution < -0.4 is 10.6 Å². The van der Waals surface area contributed by atoms with E-state index in [2.05, 4.69) is 48.8 Å². The molecule has 2 saturated heterocycles. The van der Waals surface area contributed by atoms with E-state index >= 15 is 0 Å². The van der Waals surface area contributed by atoms with E-state index in [9.17, 15) is 0 Å². The summed E-state index contributed by atoms with van der Waals surface area (Å²) < 4.78 is 5.73. The van der Waals surface area contributed by atoms with Crippen LogP contribution in [0.3, 0.4) is 0 Å². The molecule has 2 N–H and O–H groups in total. The molecule has 1 atom stereocenters. The standard InChI is InChI=1S/C23H36N6OS.HI/c1-18-27-20(17-31-18)16-28-11-7-19(8-12-28)14-25-23(24-2)26-15-21(22-6-5-13-30-22)29-9-3-4-10-29;/h5-6,13,17,19,21H,3-4,7-12,14-16H2,1-2H3,(H2,24,25,26);1H. The van der Waals surface area contributed by atoms with E-state index in [4.69, 9.17) is 4.42 Å². The Hall–Kier alpha value is -1.17. The molecule has 0 aromatic carbocycles. The Labute approximate surface area is 213 Å². The number of thiazole rings is 1. The summed E-state index contributed by atoms with van der Waals surface area (Å²) in [7, 11) is 1.85. The van der Waals surface area contributed by atoms with Crippen LogP contribution in [0.25, 0.3) is 0 Å². The third-order valence-electron chi connectivity index (χ3n) is 6.46. The highest BCUT2D eigenvalue weighted by atomic mass is 127. The van der Waals surface area contributed by atoms with E-state index < -0.39 is 0 Å². The Bertz CT molecular complexity index is 812. The fourth-order valence-corrected chi connectivity index (χ4v) is 5.26. The number of likely N-dealkylation sites (tertiary alicyclic amines) is 2. The lowest BCUT2D eigenvalue weighted by Crippen LogP contribution is -2.45. The molecule has 0 radical (unpaired) electrons. The average Bonchev–Trinajstić information content (AvgIpc) is 3.56. The number of guanidine groups is 1. The van der Waals surface area contributed by atoms with Crippen LogP contribution in [0.1, 0.15) is 48.2 Å². The Morgan fingerprint density at radius 2 is 2.03 bits per heavy atom. The molecule has 178 valence electrons. The lowest BCUT2D eigenvalue weighted by atomic mass is 9.97. The number of nitrogens with one attached hydrogen (secondary N) is 2. The minimum Gasteiger partial charge on any atom is -0.468 e. The second-order valence-corrected chi connectivity index (χ2v) is 9.75. The third-order valence-corrected chi connectivity index (χ3v) is 7.28. The number of aromatic nitrogens is 1. The molecule has 2 fully saturated rings. The molecule has 2 aromatic rings. The number of halogens is 1. The molecule has 4 heterocycles. The lowest BCUT2D eigenvalue weighted by Gasteiger charge is -2.32. The normalized spacial score (nSPS) is 19.6. The van der Waals surface area contributed by atoms with Gasteiger partial charge in [0.25, 0.3) is 0 Å². The molecular weight excluding hydrogens is 535 g/mol. The Morgan fingerprint density at radius 3 is 2.66 bits per heavy atom. The summed E-state index contributed by atoms with van der Waals surface area (Å²) >= 11 is 1.74. The van der Waals surface area contributed by atoms with Crippen molar-refractivity contribution in [1.82, 2.24) is 25.4 Å². The SMILES string of the molecule is CN=C(NCC1CCN(Cc2csc(C)n2)CC1)NCC(c1ccco1)N1CCCC1.I. The first kappa shape index (κ1) is 25.5. The van der Waals surface area contributed by atoms with Crippen molar-refractivity contribution >= 4 is 41.3 Å². The summed E-state index contributed by atoms with van der Waals surface area (Å²) in [5.41, 5.74) is 1.22. The maximum absolute atomic E-state index is 5.73. The number of hydrogen-bond acceptors (Lipinski definition) is 6. The van der Waals surface area contributed by atoms with Gasteiger partial charge in [-0.15, -0.1) is 35.3 Å². The zero-order chi connectivity index (χ0) is 21.5. The molecule has 1 unspecified atom stereocenters. The van der Waals surface area contributed by atoms with Crippen molar-refractivity contribution in [2.75, 3.05) is 46.3 Å². The molecule has 2 aliphatic rings. The van der Waals surface area contributed by atoms with Crippen molar-refractivity contribution in [2.45, 2.75) is 45.2 Å². The minimum atomic E-state index is 0. The first-order valence-electron chi connectivity index (χ1n) is 11.6. The third kappa shape index (κ3) is 7.16. The van der Waals surface area contributed by atoms with E-state index in [-0.39, 0.29) is 30.0 Å². The molecule has 0 amide bonds. The van der Waals surface area contributed by atoms with Gasteiger partial charge in [0.1, 0.15) is 5.76 Å². The van der Waals surface area contributed by atoms with Gasteiger partial charge in [0.05, 0.1) is 23.0 Å². The fourth-order valence-electron chi connectivity index (χ4n) is 4.66. The van der Waals surface area contributed by atoms with Crippen molar-refractivity contribution in [3.8, 4) is 0 Å². The maximum atomic E-state index is 5.73. The van der Waals surface area contributed by atoms with Crippen molar-refractivity contribution in [2.24, 2.45) is 10.9 Å². The second kappa shape index (κ2) is 12.9. The maximum Gasteiger partial charge on any atom is 0.191 e. The molecule has 2 aliphatic heterocycles. The number of piperidine rings is 1. The highest BCUT2D eigenvalue weighted by molar-refractivity contribution is 14.0. The van der Waals surface area contributed by atoms with Gasteiger partial charge < -0.3 is 15.1 Å². The first-order valence-corrected chi connectivity index (χ1v) is 12.4. The Kier molecular flexibility index (Phi) is 10.3. The van der Waals surface area contributed by atoms with Gasteiger partial charge in [0.2, 0.25) is 0 Å². The summed E-state index contributed by atoms with van der Waals surface area (Å²) in [6, 6.07) is 4.32. The highest BCUT2D eigenvalue weighted by Gasteiger charge is 2.26. The number of hydrogen-bond donors (Lipinski definition) is 2. The van der Waals surface area contributed by atoms with Gasteiger partial charge in [0, 0.05) is 32.1 Å². The predicted octanol–water partition coefficient (Wildman–Crippen LogP) is 3.88. The summed E-state index contributed by atoms with van der Waals surface area (Å²) in [4.78, 5) is 14.1. The second-order valence-electron chi connectivity index (χ2n) is 8.69. The zero-order valence-electron chi connectivity index (χ0n) is 19.3. The van der Waals surface area contributed by atoms with Crippen molar-refractivity contribution in [3.05, 3.63) is 40.2 Å². The van der Waals surface area contributed by atoms with Gasteiger partial charge in [-0.2, -0.15) is 0 Å².